The first kappa shape index (κ1) is 27.3. The lowest BCUT2D eigenvalue weighted by Crippen LogP contribution is -2.38. The monoisotopic (exact) mass is 433 g/mol. The third-order valence-corrected chi connectivity index (χ3v) is 3.82. The number of phenols is 1. The van der Waals surface area contributed by atoms with Gasteiger partial charge in [0, 0.05) is 12.1 Å². The smallest absolute Gasteiger partial charge is 0.317 e. The maximum atomic E-state index is 12.2. The summed E-state index contributed by atoms with van der Waals surface area (Å²) < 4.78 is 31.2. The molecule has 0 bridgehead atoms. The van der Waals surface area contributed by atoms with Gasteiger partial charge < -0.3 is 20.3 Å². The predicted molar refractivity (Wildman–Crippen MR) is 113 cm³/mol. The van der Waals surface area contributed by atoms with Crippen molar-refractivity contribution < 1.29 is 32.7 Å². The fourth-order valence-electron chi connectivity index (χ4n) is 2.31. The van der Waals surface area contributed by atoms with Crippen LogP contribution in [0.1, 0.15) is 66.1 Å². The number of nitrogens with one attached hydrogen (secondary N) is 1. The largest absolute Gasteiger partial charge is 0.504 e. The highest BCUT2D eigenvalue weighted by atomic mass is 32.2. The van der Waals surface area contributed by atoms with Crippen LogP contribution in [0.3, 0.4) is 0 Å². The molecule has 0 aliphatic carbocycles. The van der Waals surface area contributed by atoms with E-state index >= 15 is 0 Å². The molecule has 0 saturated carbocycles. The molecule has 1 aromatic carbocycles. The van der Waals surface area contributed by atoms with Gasteiger partial charge in [0.2, 0.25) is 0 Å². The van der Waals surface area contributed by atoms with Crippen LogP contribution in [0.4, 0.5) is 0 Å². The van der Waals surface area contributed by atoms with Gasteiger partial charge in [-0.2, -0.15) is 8.42 Å². The van der Waals surface area contributed by atoms with E-state index in [1.807, 2.05) is 41.5 Å². The second-order valence-corrected chi connectivity index (χ2v) is 10.1. The highest BCUT2D eigenvalue weighted by molar-refractivity contribution is 7.85. The summed E-state index contributed by atoms with van der Waals surface area (Å²) in [6, 6.07) is 4.61. The van der Waals surface area contributed by atoms with E-state index in [1.54, 1.807) is 6.07 Å². The molecule has 1 rings (SSSR count). The zero-order chi connectivity index (χ0) is 23.0. The van der Waals surface area contributed by atoms with Crippen LogP contribution in [0, 0.1) is 5.41 Å². The number of hydrogen-bond donors (Lipinski definition) is 4. The Balaban J connectivity index is 0.00000139. The van der Waals surface area contributed by atoms with Gasteiger partial charge in [-0.05, 0) is 58.7 Å². The molecule has 1 unspecified atom stereocenters. The first-order valence-corrected chi connectivity index (χ1v) is 11.2. The quantitative estimate of drug-likeness (QED) is 0.293. The Labute approximate surface area is 174 Å². The summed E-state index contributed by atoms with van der Waals surface area (Å²) in [5, 5.41) is 23.5. The topological polar surface area (TPSA) is 133 Å². The molecule has 1 aromatic rings. The van der Waals surface area contributed by atoms with Crippen LogP contribution in [-0.4, -0.2) is 47.5 Å². The van der Waals surface area contributed by atoms with E-state index in [4.69, 9.17) is 9.29 Å². The molecule has 1 atom stereocenters. The summed E-state index contributed by atoms with van der Waals surface area (Å²) in [7, 11) is -3.67. The Bertz CT molecular complexity index is 760. The van der Waals surface area contributed by atoms with E-state index in [0.29, 0.717) is 24.8 Å². The minimum Gasteiger partial charge on any atom is -0.504 e. The minimum atomic E-state index is -3.67. The molecule has 29 heavy (non-hydrogen) atoms. The maximum absolute atomic E-state index is 12.2. The number of aliphatic hydroxyl groups excluding tert-OH is 1. The molecule has 0 amide bonds. The highest BCUT2D eigenvalue weighted by Gasteiger charge is 2.29. The fourth-order valence-corrected chi connectivity index (χ4v) is 2.31. The minimum absolute atomic E-state index is 0.108. The summed E-state index contributed by atoms with van der Waals surface area (Å²) in [4.78, 5) is 12.2. The molecule has 0 heterocycles. The van der Waals surface area contributed by atoms with Crippen molar-refractivity contribution in [1.82, 2.24) is 5.32 Å². The van der Waals surface area contributed by atoms with Gasteiger partial charge >= 0.3 is 5.97 Å². The first-order chi connectivity index (χ1) is 13.0. The number of phenolic OH excluding ortho intramolecular Hbond substituents is 1. The Morgan fingerprint density at radius 1 is 1.21 bits per heavy atom. The lowest BCUT2D eigenvalue weighted by atomic mass is 9.88. The van der Waals surface area contributed by atoms with E-state index in [1.165, 1.54) is 12.1 Å². The number of benzene rings is 1. The normalized spacial score (nSPS) is 13.3. The lowest BCUT2D eigenvalue weighted by molar-refractivity contribution is -0.144. The molecule has 0 spiro atoms. The van der Waals surface area contributed by atoms with Crippen molar-refractivity contribution in [3.63, 3.8) is 0 Å². The third-order valence-electron chi connectivity index (χ3n) is 3.82. The van der Waals surface area contributed by atoms with Crippen LogP contribution >= 0.6 is 0 Å². The maximum Gasteiger partial charge on any atom is 0.317 e. The predicted octanol–water partition coefficient (Wildman–Crippen LogP) is 3.05. The number of carbonyl (C=O) groups excluding carboxylic acids is 1. The number of carbonyl (C=O) groups is 1. The molecule has 0 aliphatic rings. The lowest BCUT2D eigenvalue weighted by Gasteiger charge is -2.23. The van der Waals surface area contributed by atoms with E-state index in [2.05, 4.69) is 5.32 Å². The molecule has 8 nitrogen and oxygen atoms in total. The van der Waals surface area contributed by atoms with E-state index in [-0.39, 0.29) is 23.0 Å². The summed E-state index contributed by atoms with van der Waals surface area (Å²) >= 11 is 0. The van der Waals surface area contributed by atoms with Crippen LogP contribution < -0.4 is 10.1 Å². The standard InChI is InChI=1S/C19H31NO4.CH4O3S/c1-7-10-19(5,6)17(23)24-16-9-8-13(11-14(16)21)15(22)12-20-18(2,3)4;1-5(2,3)4/h8-9,11,15,20-22H,7,10,12H2,1-6H3;1H3,(H,2,3,4). The number of β-amino-alcohol motifs (C(OH)–C–C–N with tert-alkyl or cyclic N) is 1. The average Bonchev–Trinajstić information content (AvgIpc) is 2.52. The van der Waals surface area contributed by atoms with Crippen LogP contribution in [0.25, 0.3) is 0 Å². The van der Waals surface area contributed by atoms with Gasteiger partial charge in [-0.3, -0.25) is 9.35 Å². The second-order valence-electron chi connectivity index (χ2n) is 8.63. The summed E-state index contributed by atoms with van der Waals surface area (Å²) in [6.07, 6.45) is 1.55. The number of aromatic hydroxyl groups is 1. The molecule has 0 aromatic heterocycles. The summed E-state index contributed by atoms with van der Waals surface area (Å²) in [5.41, 5.74) is -0.142. The van der Waals surface area contributed by atoms with Crippen molar-refractivity contribution in [2.24, 2.45) is 5.41 Å². The number of aliphatic hydroxyl groups is 1. The molecule has 0 radical (unpaired) electrons. The van der Waals surface area contributed by atoms with Crippen molar-refractivity contribution in [2.75, 3.05) is 12.8 Å². The molecule has 168 valence electrons. The van der Waals surface area contributed by atoms with Gasteiger partial charge in [-0.1, -0.05) is 19.4 Å². The van der Waals surface area contributed by atoms with E-state index < -0.39 is 21.6 Å². The fraction of sp³-hybridized carbons (Fsp3) is 0.650. The molecular weight excluding hydrogens is 398 g/mol. The van der Waals surface area contributed by atoms with Crippen LogP contribution in [-0.2, 0) is 14.9 Å². The van der Waals surface area contributed by atoms with Gasteiger partial charge in [-0.25, -0.2) is 0 Å². The third kappa shape index (κ3) is 12.5. The molecule has 0 aliphatic heterocycles. The van der Waals surface area contributed by atoms with E-state index in [0.717, 1.165) is 6.42 Å². The van der Waals surface area contributed by atoms with Crippen LogP contribution in [0.2, 0.25) is 0 Å². The van der Waals surface area contributed by atoms with Crippen molar-refractivity contribution >= 4 is 16.1 Å². The highest BCUT2D eigenvalue weighted by Crippen LogP contribution is 2.32. The van der Waals surface area contributed by atoms with Crippen molar-refractivity contribution in [3.8, 4) is 11.5 Å². The van der Waals surface area contributed by atoms with Crippen LogP contribution in [0.5, 0.6) is 11.5 Å². The Morgan fingerprint density at radius 2 is 1.72 bits per heavy atom. The number of rotatable bonds is 7. The first-order valence-electron chi connectivity index (χ1n) is 9.37. The average molecular weight is 434 g/mol. The van der Waals surface area contributed by atoms with Gasteiger partial charge in [0.05, 0.1) is 17.8 Å². The van der Waals surface area contributed by atoms with Crippen LogP contribution in [0.15, 0.2) is 18.2 Å². The zero-order valence-electron chi connectivity index (χ0n) is 18.3. The van der Waals surface area contributed by atoms with E-state index in [9.17, 15) is 23.4 Å². The zero-order valence-corrected chi connectivity index (χ0v) is 19.1. The van der Waals surface area contributed by atoms with Crippen molar-refractivity contribution in [2.45, 2.75) is 66.0 Å². The van der Waals surface area contributed by atoms with Crippen molar-refractivity contribution in [1.29, 1.82) is 0 Å². The van der Waals surface area contributed by atoms with Gasteiger partial charge in [-0.15, -0.1) is 0 Å². The number of esters is 1. The van der Waals surface area contributed by atoms with Gasteiger partial charge in [0.15, 0.2) is 11.5 Å². The number of hydrogen-bond acceptors (Lipinski definition) is 7. The molecular formula is C20H35NO7S. The Kier molecular flexibility index (Phi) is 10.3. The second kappa shape index (κ2) is 10.9. The number of ether oxygens (including phenoxy) is 1. The molecule has 4 N–H and O–H groups in total. The summed E-state index contributed by atoms with van der Waals surface area (Å²) in [5.74, 6) is -0.408. The molecule has 0 fully saturated rings. The van der Waals surface area contributed by atoms with Gasteiger partial charge in [0.1, 0.15) is 0 Å². The Morgan fingerprint density at radius 3 is 2.14 bits per heavy atom. The summed E-state index contributed by atoms with van der Waals surface area (Å²) in [6.45, 7) is 12.1. The van der Waals surface area contributed by atoms with Crippen molar-refractivity contribution in [3.05, 3.63) is 23.8 Å². The molecule has 9 heteroatoms. The molecule has 0 saturated heterocycles. The SMILES string of the molecule is CCCC(C)(C)C(=O)Oc1ccc(C(O)CNC(C)(C)C)cc1O.CS(=O)(=O)O. The Hall–Kier alpha value is -1.68. The van der Waals surface area contributed by atoms with Gasteiger partial charge in [0.25, 0.3) is 10.1 Å².